The van der Waals surface area contributed by atoms with E-state index in [4.69, 9.17) is 4.74 Å². The largest absolute Gasteiger partial charge is 0.497 e. The Morgan fingerprint density at radius 3 is 2.17 bits per heavy atom. The van der Waals surface area contributed by atoms with Gasteiger partial charge in [-0.3, -0.25) is 0 Å². The zero-order valence-electron chi connectivity index (χ0n) is 15.1. The molecule has 6 heteroatoms. The van der Waals surface area contributed by atoms with Gasteiger partial charge in [-0.25, -0.2) is 13.1 Å². The maximum absolute atomic E-state index is 12.2. The number of methoxy groups -OCH3 is 1. The maximum atomic E-state index is 12.2. The molecule has 136 valence electrons. The van der Waals surface area contributed by atoms with Crippen LogP contribution in [0.3, 0.4) is 0 Å². The van der Waals surface area contributed by atoms with Crippen molar-refractivity contribution >= 4 is 15.7 Å². The molecule has 0 spiro atoms. The quantitative estimate of drug-likeness (QED) is 0.822. The first kappa shape index (κ1) is 19.1. The minimum absolute atomic E-state index is 0.0754. The van der Waals surface area contributed by atoms with E-state index in [0.717, 1.165) is 43.7 Å². The van der Waals surface area contributed by atoms with E-state index in [9.17, 15) is 8.42 Å². The highest BCUT2D eigenvalue weighted by Crippen LogP contribution is 2.27. The molecule has 24 heavy (non-hydrogen) atoms. The zero-order valence-corrected chi connectivity index (χ0v) is 15.9. The van der Waals surface area contributed by atoms with E-state index in [0.29, 0.717) is 5.92 Å². The van der Waals surface area contributed by atoms with Gasteiger partial charge in [0.15, 0.2) is 0 Å². The highest BCUT2D eigenvalue weighted by atomic mass is 32.2. The van der Waals surface area contributed by atoms with Gasteiger partial charge in [0.25, 0.3) is 0 Å². The Hall–Kier alpha value is -1.27. The summed E-state index contributed by atoms with van der Waals surface area (Å²) < 4.78 is 31.7. The van der Waals surface area contributed by atoms with Crippen molar-refractivity contribution in [3.8, 4) is 5.75 Å². The number of sulfonamides is 1. The van der Waals surface area contributed by atoms with E-state index in [2.05, 4.69) is 10.0 Å². The molecule has 0 bridgehead atoms. The smallest absolute Gasteiger partial charge is 0.216 e. The number of rotatable bonds is 6. The van der Waals surface area contributed by atoms with Crippen LogP contribution in [0, 0.1) is 5.92 Å². The van der Waals surface area contributed by atoms with Gasteiger partial charge >= 0.3 is 0 Å². The molecule has 0 amide bonds. The Kier molecular flexibility index (Phi) is 6.15. The Balaban J connectivity index is 1.76. The van der Waals surface area contributed by atoms with Crippen molar-refractivity contribution in [3.05, 3.63) is 24.3 Å². The van der Waals surface area contributed by atoms with E-state index in [1.54, 1.807) is 27.9 Å². The molecule has 0 aromatic heterocycles. The molecule has 0 unspecified atom stereocenters. The molecule has 0 saturated heterocycles. The van der Waals surface area contributed by atoms with Crippen molar-refractivity contribution in [1.29, 1.82) is 0 Å². The van der Waals surface area contributed by atoms with Gasteiger partial charge < -0.3 is 10.1 Å². The Morgan fingerprint density at radius 1 is 1.08 bits per heavy atom. The van der Waals surface area contributed by atoms with Crippen LogP contribution in [0.15, 0.2) is 24.3 Å². The Bertz CT molecular complexity index is 613. The number of anilines is 1. The molecule has 2 rings (SSSR count). The summed E-state index contributed by atoms with van der Waals surface area (Å²) in [6, 6.07) is 8.00. The molecule has 1 aromatic carbocycles. The number of ether oxygens (including phenoxy) is 1. The van der Waals surface area contributed by atoms with Crippen molar-refractivity contribution in [3.63, 3.8) is 0 Å². The van der Waals surface area contributed by atoms with E-state index < -0.39 is 14.8 Å². The third-order valence-corrected chi connectivity index (χ3v) is 6.92. The van der Waals surface area contributed by atoms with Crippen LogP contribution < -0.4 is 14.8 Å². The molecule has 0 atom stereocenters. The first-order valence-corrected chi connectivity index (χ1v) is 10.1. The molecular formula is C18H30N2O3S. The predicted octanol–water partition coefficient (Wildman–Crippen LogP) is 3.38. The summed E-state index contributed by atoms with van der Waals surface area (Å²) in [6.45, 7) is 6.13. The topological polar surface area (TPSA) is 67.4 Å². The lowest BCUT2D eigenvalue weighted by molar-refractivity contribution is 0.322. The molecule has 0 radical (unpaired) electrons. The van der Waals surface area contributed by atoms with Gasteiger partial charge in [0.2, 0.25) is 10.0 Å². The molecular weight excluding hydrogens is 324 g/mol. The molecule has 0 heterocycles. The van der Waals surface area contributed by atoms with Crippen LogP contribution in [0.1, 0.15) is 46.5 Å². The van der Waals surface area contributed by atoms with Gasteiger partial charge in [-0.2, -0.15) is 0 Å². The standard InChI is InChI=1S/C18H30N2O3S/c1-18(2,3)24(21,22)20-16-7-5-14(6-8-16)13-19-15-9-11-17(23-4)12-10-15/h9-12,14,16,19-20H,5-8,13H2,1-4H3/t14-,16-. The summed E-state index contributed by atoms with van der Waals surface area (Å²) in [5.41, 5.74) is 1.09. The van der Waals surface area contributed by atoms with Gasteiger partial charge in [0, 0.05) is 18.3 Å². The average Bonchev–Trinajstić information content (AvgIpc) is 2.53. The molecule has 1 saturated carbocycles. The second kappa shape index (κ2) is 7.74. The number of hydrogen-bond acceptors (Lipinski definition) is 4. The summed E-state index contributed by atoms with van der Waals surface area (Å²) in [5.74, 6) is 1.44. The van der Waals surface area contributed by atoms with Crippen LogP contribution in [0.4, 0.5) is 5.69 Å². The molecule has 1 aliphatic rings. The van der Waals surface area contributed by atoms with Crippen LogP contribution in [-0.4, -0.2) is 32.9 Å². The monoisotopic (exact) mass is 354 g/mol. The Labute approximate surface area is 146 Å². The Morgan fingerprint density at radius 2 is 1.67 bits per heavy atom. The lowest BCUT2D eigenvalue weighted by atomic mass is 9.86. The first-order chi connectivity index (χ1) is 11.2. The van der Waals surface area contributed by atoms with Crippen molar-refractivity contribution in [2.24, 2.45) is 5.92 Å². The lowest BCUT2D eigenvalue weighted by Gasteiger charge is -2.31. The summed E-state index contributed by atoms with van der Waals surface area (Å²) >= 11 is 0. The summed E-state index contributed by atoms with van der Waals surface area (Å²) in [6.07, 6.45) is 3.90. The minimum Gasteiger partial charge on any atom is -0.497 e. The fourth-order valence-corrected chi connectivity index (χ4v) is 3.88. The van der Waals surface area contributed by atoms with Gasteiger partial charge in [-0.1, -0.05) is 0 Å². The second-order valence-corrected chi connectivity index (χ2v) is 10.0. The minimum atomic E-state index is -3.25. The zero-order chi connectivity index (χ0) is 17.8. The molecule has 0 aliphatic heterocycles. The SMILES string of the molecule is COc1ccc(NC[C@H]2CC[C@H](NS(=O)(=O)C(C)(C)C)CC2)cc1. The van der Waals surface area contributed by atoms with E-state index in [-0.39, 0.29) is 6.04 Å². The van der Waals surface area contributed by atoms with E-state index >= 15 is 0 Å². The lowest BCUT2D eigenvalue weighted by Crippen LogP contribution is -2.46. The van der Waals surface area contributed by atoms with Crippen molar-refractivity contribution in [2.75, 3.05) is 19.0 Å². The van der Waals surface area contributed by atoms with E-state index in [1.165, 1.54) is 0 Å². The molecule has 1 aromatic rings. The van der Waals surface area contributed by atoms with Gasteiger partial charge in [-0.15, -0.1) is 0 Å². The van der Waals surface area contributed by atoms with E-state index in [1.807, 2.05) is 24.3 Å². The van der Waals surface area contributed by atoms with Gasteiger partial charge in [0.1, 0.15) is 5.75 Å². The average molecular weight is 355 g/mol. The third-order valence-electron chi connectivity index (χ3n) is 4.66. The van der Waals surface area contributed by atoms with Crippen LogP contribution >= 0.6 is 0 Å². The molecule has 1 aliphatic carbocycles. The van der Waals surface area contributed by atoms with Crippen LogP contribution in [0.25, 0.3) is 0 Å². The molecule has 2 N–H and O–H groups in total. The molecule has 5 nitrogen and oxygen atoms in total. The highest BCUT2D eigenvalue weighted by molar-refractivity contribution is 7.90. The van der Waals surface area contributed by atoms with Crippen molar-refractivity contribution in [2.45, 2.75) is 57.2 Å². The second-order valence-electron chi connectivity index (χ2n) is 7.56. The number of hydrogen-bond donors (Lipinski definition) is 2. The maximum Gasteiger partial charge on any atom is 0.216 e. The van der Waals surface area contributed by atoms with Crippen molar-refractivity contribution < 1.29 is 13.2 Å². The van der Waals surface area contributed by atoms with Crippen LogP contribution in [0.5, 0.6) is 5.75 Å². The van der Waals surface area contributed by atoms with Crippen LogP contribution in [-0.2, 0) is 10.0 Å². The van der Waals surface area contributed by atoms with Gasteiger partial charge in [-0.05, 0) is 76.6 Å². The normalized spacial score (nSPS) is 22.2. The summed E-state index contributed by atoms with van der Waals surface area (Å²) in [7, 11) is -1.59. The predicted molar refractivity (Wildman–Crippen MR) is 99.0 cm³/mol. The fraction of sp³-hybridized carbons (Fsp3) is 0.667. The summed E-state index contributed by atoms with van der Waals surface area (Å²) in [5, 5.41) is 3.46. The highest BCUT2D eigenvalue weighted by Gasteiger charge is 2.32. The molecule has 1 fully saturated rings. The van der Waals surface area contributed by atoms with Gasteiger partial charge in [0.05, 0.1) is 11.9 Å². The fourth-order valence-electron chi connectivity index (χ4n) is 2.85. The number of nitrogens with one attached hydrogen (secondary N) is 2. The third kappa shape index (κ3) is 5.11. The number of benzene rings is 1. The van der Waals surface area contributed by atoms with Crippen molar-refractivity contribution in [1.82, 2.24) is 4.72 Å². The summed E-state index contributed by atoms with van der Waals surface area (Å²) in [4.78, 5) is 0. The van der Waals surface area contributed by atoms with Crippen LogP contribution in [0.2, 0.25) is 0 Å². The first-order valence-electron chi connectivity index (χ1n) is 8.61.